The number of hydrogen-bond acceptors (Lipinski definition) is 1. The van der Waals surface area contributed by atoms with Crippen molar-refractivity contribution in [1.29, 1.82) is 0 Å². The molecule has 2 fully saturated rings. The lowest BCUT2D eigenvalue weighted by molar-refractivity contribution is 0.212. The van der Waals surface area contributed by atoms with Gasteiger partial charge in [0.15, 0.2) is 0 Å². The van der Waals surface area contributed by atoms with Crippen LogP contribution in [0.4, 0.5) is 0 Å². The summed E-state index contributed by atoms with van der Waals surface area (Å²) < 4.78 is 0. The minimum atomic E-state index is 0.854. The van der Waals surface area contributed by atoms with Gasteiger partial charge in [0.2, 0.25) is 0 Å². The Morgan fingerprint density at radius 1 is 1.09 bits per heavy atom. The van der Waals surface area contributed by atoms with Gasteiger partial charge in [0.25, 0.3) is 0 Å². The van der Waals surface area contributed by atoms with Crippen LogP contribution in [0.15, 0.2) is 0 Å². The minimum absolute atomic E-state index is 0.854. The summed E-state index contributed by atoms with van der Waals surface area (Å²) in [7, 11) is 2.49. The fraction of sp³-hybridized carbons (Fsp3) is 1.00. The van der Waals surface area contributed by atoms with E-state index in [1.54, 1.807) is 0 Å². The normalized spacial score (nSPS) is 43.2. The summed E-state index contributed by atoms with van der Waals surface area (Å²) in [6.07, 6.45) is 7.04. The lowest BCUT2D eigenvalue weighted by atomic mass is 9.51. The third kappa shape index (κ3) is 1.61. The molecule has 0 amide bonds. The molecule has 1 nitrogen and oxygen atoms in total. The zero-order valence-electron chi connectivity index (χ0n) is 7.13. The fourth-order valence-corrected chi connectivity index (χ4v) is 2.85. The van der Waals surface area contributed by atoms with E-state index in [0.29, 0.717) is 0 Å². The molecule has 1 saturated heterocycles. The van der Waals surface area contributed by atoms with Gasteiger partial charge in [0, 0.05) is 0 Å². The van der Waals surface area contributed by atoms with E-state index in [2.05, 4.69) is 7.28 Å². The van der Waals surface area contributed by atoms with Gasteiger partial charge in [-0.2, -0.15) is 0 Å². The van der Waals surface area contributed by atoms with E-state index < -0.39 is 0 Å². The summed E-state index contributed by atoms with van der Waals surface area (Å²) in [5, 5.41) is 0. The number of nitrogens with two attached hydrogens (primary N) is 1. The molecule has 0 aromatic carbocycles. The van der Waals surface area contributed by atoms with Crippen molar-refractivity contribution in [2.24, 2.45) is 23.5 Å². The summed E-state index contributed by atoms with van der Waals surface area (Å²) in [5.41, 5.74) is 5.70. The maximum absolute atomic E-state index is 5.70. The summed E-state index contributed by atoms with van der Waals surface area (Å²) in [6, 6.07) is 0. The van der Waals surface area contributed by atoms with Gasteiger partial charge in [-0.25, -0.2) is 0 Å². The molecule has 1 aliphatic carbocycles. The molecule has 0 aromatic rings. The van der Waals surface area contributed by atoms with Gasteiger partial charge in [-0.15, -0.1) is 0 Å². The van der Waals surface area contributed by atoms with Crippen LogP contribution in [0.25, 0.3) is 0 Å². The maximum atomic E-state index is 5.70. The predicted octanol–water partition coefficient (Wildman–Crippen LogP) is 1.53. The molecule has 1 saturated carbocycles. The Morgan fingerprint density at radius 2 is 1.73 bits per heavy atom. The van der Waals surface area contributed by atoms with Gasteiger partial charge in [-0.3, -0.25) is 0 Å². The van der Waals surface area contributed by atoms with Gasteiger partial charge in [0.1, 0.15) is 7.28 Å². The third-order valence-corrected chi connectivity index (χ3v) is 3.33. The zero-order valence-corrected chi connectivity index (χ0v) is 7.13. The van der Waals surface area contributed by atoms with Crippen LogP contribution >= 0.6 is 0 Å². The topological polar surface area (TPSA) is 26.0 Å². The highest BCUT2D eigenvalue weighted by atomic mass is 14.6. The zero-order chi connectivity index (χ0) is 7.68. The molecule has 11 heavy (non-hydrogen) atoms. The molecule has 1 aliphatic heterocycles. The van der Waals surface area contributed by atoms with Gasteiger partial charge in [0.05, 0.1) is 0 Å². The van der Waals surface area contributed by atoms with E-state index in [1.165, 1.54) is 31.9 Å². The smallest absolute Gasteiger partial charge is 0.110 e. The van der Waals surface area contributed by atoms with Gasteiger partial charge in [-0.1, -0.05) is 12.6 Å². The van der Waals surface area contributed by atoms with Crippen LogP contribution in [0.2, 0.25) is 12.6 Å². The molecule has 1 heterocycles. The Kier molecular flexibility index (Phi) is 2.21. The van der Waals surface area contributed by atoms with E-state index in [0.717, 1.165) is 24.3 Å². The fourth-order valence-electron chi connectivity index (χ4n) is 2.85. The molecule has 2 rings (SSSR count). The Labute approximate surface area is 70.0 Å². The first-order valence-electron chi connectivity index (χ1n) is 4.90. The van der Waals surface area contributed by atoms with Gasteiger partial charge >= 0.3 is 0 Å². The van der Waals surface area contributed by atoms with Crippen LogP contribution in [0.1, 0.15) is 19.3 Å². The van der Waals surface area contributed by atoms with Gasteiger partial charge < -0.3 is 5.73 Å². The largest absolute Gasteiger partial charge is 0.330 e. The summed E-state index contributed by atoms with van der Waals surface area (Å²) in [5.74, 6) is 2.85. The Morgan fingerprint density at radius 3 is 2.27 bits per heavy atom. The molecular formula is C9H17BN. The maximum Gasteiger partial charge on any atom is 0.110 e. The molecule has 0 spiro atoms. The summed E-state index contributed by atoms with van der Waals surface area (Å²) in [6.45, 7) is 0.924. The summed E-state index contributed by atoms with van der Waals surface area (Å²) >= 11 is 0. The summed E-state index contributed by atoms with van der Waals surface area (Å²) in [4.78, 5) is 0. The lowest BCUT2D eigenvalue weighted by Gasteiger charge is -2.38. The first kappa shape index (κ1) is 7.66. The molecule has 2 bridgehead atoms. The molecule has 2 unspecified atom stereocenters. The highest BCUT2D eigenvalue weighted by Gasteiger charge is 2.30. The second kappa shape index (κ2) is 3.18. The monoisotopic (exact) mass is 150 g/mol. The van der Waals surface area contributed by atoms with E-state index in [1.807, 2.05) is 0 Å². The second-order valence-electron chi connectivity index (χ2n) is 4.30. The first-order chi connectivity index (χ1) is 5.38. The van der Waals surface area contributed by atoms with E-state index in [9.17, 15) is 0 Å². The van der Waals surface area contributed by atoms with Crippen LogP contribution in [0, 0.1) is 17.8 Å². The highest BCUT2D eigenvalue weighted by molar-refractivity contribution is 6.35. The van der Waals surface area contributed by atoms with Crippen LogP contribution in [-0.2, 0) is 0 Å². The lowest BCUT2D eigenvalue weighted by Crippen LogP contribution is -2.32. The van der Waals surface area contributed by atoms with Crippen LogP contribution < -0.4 is 5.73 Å². The van der Waals surface area contributed by atoms with Crippen molar-refractivity contribution in [2.45, 2.75) is 31.9 Å². The quantitative estimate of drug-likeness (QED) is 0.563. The average Bonchev–Trinajstić information content (AvgIpc) is 2.03. The number of rotatable bonds is 1. The molecule has 2 N–H and O–H groups in total. The third-order valence-electron chi connectivity index (χ3n) is 3.33. The standard InChI is InChI=1S/C9H17BN/c11-6-9-2-7-1-8(3-9)5-10-4-7/h7-9H,1-6,11H2. The van der Waals surface area contributed by atoms with Crippen molar-refractivity contribution in [1.82, 2.24) is 0 Å². The first-order valence-corrected chi connectivity index (χ1v) is 4.90. The predicted molar refractivity (Wildman–Crippen MR) is 48.7 cm³/mol. The van der Waals surface area contributed by atoms with Crippen molar-refractivity contribution in [3.63, 3.8) is 0 Å². The molecule has 2 heteroatoms. The second-order valence-corrected chi connectivity index (χ2v) is 4.30. The average molecular weight is 150 g/mol. The molecular weight excluding hydrogens is 133 g/mol. The van der Waals surface area contributed by atoms with Crippen LogP contribution in [0.5, 0.6) is 0 Å². The van der Waals surface area contributed by atoms with Crippen molar-refractivity contribution in [2.75, 3.05) is 6.54 Å². The molecule has 2 atom stereocenters. The van der Waals surface area contributed by atoms with E-state index >= 15 is 0 Å². The van der Waals surface area contributed by atoms with Crippen molar-refractivity contribution < 1.29 is 0 Å². The SMILES string of the molecule is NCC1CC2C[B]CC(C1)C2. The van der Waals surface area contributed by atoms with Crippen molar-refractivity contribution in [3.8, 4) is 0 Å². The Balaban J connectivity index is 1.94. The number of hydrogen-bond donors (Lipinski definition) is 1. The minimum Gasteiger partial charge on any atom is -0.330 e. The highest BCUT2D eigenvalue weighted by Crippen LogP contribution is 2.40. The van der Waals surface area contributed by atoms with Crippen LogP contribution in [-0.4, -0.2) is 13.8 Å². The van der Waals surface area contributed by atoms with E-state index in [-0.39, 0.29) is 0 Å². The van der Waals surface area contributed by atoms with Crippen molar-refractivity contribution in [3.05, 3.63) is 0 Å². The molecule has 61 valence electrons. The van der Waals surface area contributed by atoms with Crippen molar-refractivity contribution >= 4 is 7.28 Å². The molecule has 0 aromatic heterocycles. The Hall–Kier alpha value is 0.0249. The van der Waals surface area contributed by atoms with E-state index in [4.69, 9.17) is 5.73 Å². The Bertz CT molecular complexity index is 126. The van der Waals surface area contributed by atoms with Gasteiger partial charge in [-0.05, 0) is 43.6 Å². The number of fused-ring (bicyclic) bond motifs is 2. The molecule has 2 aliphatic rings. The van der Waals surface area contributed by atoms with Crippen LogP contribution in [0.3, 0.4) is 0 Å². The molecule has 1 radical (unpaired) electrons.